The standard InChI is InChI=1S/2C2F6O.H2S/c2*3-1(4,5)9-2(6,7)8;/h;;1H2. The van der Waals surface area contributed by atoms with Gasteiger partial charge < -0.3 is 0 Å². The summed E-state index contributed by atoms with van der Waals surface area (Å²) in [4.78, 5) is 0. The topological polar surface area (TPSA) is 18.5 Å². The molecule has 0 aromatic rings. The van der Waals surface area contributed by atoms with Gasteiger partial charge in [0.2, 0.25) is 0 Å². The maximum absolute atomic E-state index is 10.6. The van der Waals surface area contributed by atoms with Crippen molar-refractivity contribution in [1.82, 2.24) is 0 Å². The third-order valence-electron chi connectivity index (χ3n) is 0.463. The Hall–Kier alpha value is -0.570. The summed E-state index contributed by atoms with van der Waals surface area (Å²) in [5.74, 6) is 0. The minimum atomic E-state index is -5.64. The first-order valence-electron chi connectivity index (χ1n) is 3.08. The van der Waals surface area contributed by atoms with Crippen molar-refractivity contribution >= 4 is 13.5 Å². The van der Waals surface area contributed by atoms with Gasteiger partial charge in [-0.05, 0) is 0 Å². The average molecular weight is 342 g/mol. The summed E-state index contributed by atoms with van der Waals surface area (Å²) in [5.41, 5.74) is 0. The van der Waals surface area contributed by atoms with Gasteiger partial charge in [0.05, 0.1) is 0 Å². The number of ether oxygens (including phenoxy) is 2. The van der Waals surface area contributed by atoms with Crippen molar-refractivity contribution in [3.05, 3.63) is 0 Å². The summed E-state index contributed by atoms with van der Waals surface area (Å²) in [7, 11) is 0. The van der Waals surface area contributed by atoms with Crippen molar-refractivity contribution in [1.29, 1.82) is 0 Å². The molecule has 0 atom stereocenters. The summed E-state index contributed by atoms with van der Waals surface area (Å²) in [5, 5.41) is 0. The first-order chi connectivity index (χ1) is 7.41. The normalized spacial score (nSPS) is 13.3. The fourth-order valence-electron chi connectivity index (χ4n) is 0.262. The lowest BCUT2D eigenvalue weighted by Gasteiger charge is -2.08. The molecule has 0 amide bonds. The molecule has 0 unspecified atom stereocenters. The van der Waals surface area contributed by atoms with E-state index in [0.717, 1.165) is 0 Å². The van der Waals surface area contributed by atoms with Gasteiger partial charge in [0, 0.05) is 0 Å². The van der Waals surface area contributed by atoms with Gasteiger partial charge in [0.15, 0.2) is 0 Å². The Bertz CT molecular complexity index is 184. The van der Waals surface area contributed by atoms with E-state index >= 15 is 0 Å². The minimum absolute atomic E-state index is 0. The molecule has 0 aliphatic heterocycles. The summed E-state index contributed by atoms with van der Waals surface area (Å²) in [6.07, 6.45) is -22.6. The highest BCUT2D eigenvalue weighted by molar-refractivity contribution is 7.59. The Morgan fingerprint density at radius 1 is 0.368 bits per heavy atom. The summed E-state index contributed by atoms with van der Waals surface area (Å²) >= 11 is 0. The Morgan fingerprint density at radius 3 is 0.474 bits per heavy atom. The highest BCUT2D eigenvalue weighted by atomic mass is 32.1. The Balaban J connectivity index is -0.000000256. The van der Waals surface area contributed by atoms with Crippen LogP contribution in [-0.4, -0.2) is 25.4 Å². The van der Waals surface area contributed by atoms with Gasteiger partial charge in [-0.3, -0.25) is 0 Å². The van der Waals surface area contributed by atoms with E-state index in [9.17, 15) is 52.7 Å². The molecule has 0 aliphatic rings. The molecular formula is C4H2F12O2S. The summed E-state index contributed by atoms with van der Waals surface area (Å²) in [6.45, 7) is 0. The zero-order valence-electron chi connectivity index (χ0n) is 7.85. The van der Waals surface area contributed by atoms with Crippen molar-refractivity contribution in [3.8, 4) is 0 Å². The molecule has 0 spiro atoms. The number of hydrogen-bond donors (Lipinski definition) is 0. The second kappa shape index (κ2) is 7.28. The highest BCUT2D eigenvalue weighted by Gasteiger charge is 2.46. The molecule has 0 aliphatic carbocycles. The first kappa shape index (κ1) is 23.5. The second-order valence-corrected chi connectivity index (χ2v) is 1.99. The molecule has 0 saturated heterocycles. The van der Waals surface area contributed by atoms with Crippen LogP contribution < -0.4 is 0 Å². The van der Waals surface area contributed by atoms with Crippen LogP contribution in [0.1, 0.15) is 0 Å². The lowest BCUT2D eigenvalue weighted by molar-refractivity contribution is -0.464. The molecule has 0 fully saturated rings. The molecule has 0 N–H and O–H groups in total. The third-order valence-corrected chi connectivity index (χ3v) is 0.463. The average Bonchev–Trinajstić information content (AvgIpc) is 1.64. The molecule has 2 nitrogen and oxygen atoms in total. The van der Waals surface area contributed by atoms with Crippen molar-refractivity contribution in [2.24, 2.45) is 0 Å². The highest BCUT2D eigenvalue weighted by Crippen LogP contribution is 2.28. The molecule has 19 heavy (non-hydrogen) atoms. The van der Waals surface area contributed by atoms with Gasteiger partial charge >= 0.3 is 25.4 Å². The van der Waals surface area contributed by atoms with Gasteiger partial charge in [0.25, 0.3) is 0 Å². The Labute approximate surface area is 102 Å². The van der Waals surface area contributed by atoms with Crippen LogP contribution in [0.5, 0.6) is 0 Å². The molecule has 0 saturated carbocycles. The number of alkyl halides is 12. The number of hydrogen-bond acceptors (Lipinski definition) is 2. The molecule has 0 radical (unpaired) electrons. The van der Waals surface area contributed by atoms with Crippen LogP contribution in [-0.2, 0) is 9.47 Å². The Morgan fingerprint density at radius 2 is 0.474 bits per heavy atom. The van der Waals surface area contributed by atoms with Crippen LogP contribution in [0.4, 0.5) is 52.7 Å². The van der Waals surface area contributed by atoms with E-state index in [1.54, 1.807) is 9.47 Å². The van der Waals surface area contributed by atoms with E-state index < -0.39 is 25.4 Å². The van der Waals surface area contributed by atoms with E-state index in [0.29, 0.717) is 0 Å². The molecule has 0 aromatic heterocycles. The summed E-state index contributed by atoms with van der Waals surface area (Å²) < 4.78 is 131. The van der Waals surface area contributed by atoms with E-state index in [1.807, 2.05) is 0 Å². The molecule has 15 heteroatoms. The van der Waals surface area contributed by atoms with Crippen molar-refractivity contribution in [2.45, 2.75) is 25.4 Å². The molecule has 0 rings (SSSR count). The number of rotatable bonds is 0. The molecule has 120 valence electrons. The maximum Gasteiger partial charge on any atom is 0.529 e. The SMILES string of the molecule is FC(F)(F)OC(F)(F)F.FC(F)(F)OC(F)(F)F.S. The zero-order valence-corrected chi connectivity index (χ0v) is 8.85. The monoisotopic (exact) mass is 342 g/mol. The zero-order chi connectivity index (χ0) is 15.4. The smallest absolute Gasteiger partial charge is 0.197 e. The maximum atomic E-state index is 10.6. The van der Waals surface area contributed by atoms with Crippen LogP contribution in [0.2, 0.25) is 0 Å². The third kappa shape index (κ3) is 31.8. The van der Waals surface area contributed by atoms with Gasteiger partial charge in [-0.1, -0.05) is 0 Å². The van der Waals surface area contributed by atoms with Crippen LogP contribution in [0.3, 0.4) is 0 Å². The van der Waals surface area contributed by atoms with Gasteiger partial charge in [-0.15, -0.1) is 52.7 Å². The minimum Gasteiger partial charge on any atom is -0.197 e. The van der Waals surface area contributed by atoms with E-state index in [2.05, 4.69) is 0 Å². The van der Waals surface area contributed by atoms with Crippen molar-refractivity contribution in [3.63, 3.8) is 0 Å². The van der Waals surface area contributed by atoms with Crippen LogP contribution in [0, 0.1) is 0 Å². The molecular weight excluding hydrogens is 340 g/mol. The summed E-state index contributed by atoms with van der Waals surface area (Å²) in [6, 6.07) is 0. The number of halogens is 12. The predicted octanol–water partition coefficient (Wildman–Crippen LogP) is 4.20. The Kier molecular flexibility index (Phi) is 9.01. The van der Waals surface area contributed by atoms with E-state index in [1.165, 1.54) is 0 Å². The largest absolute Gasteiger partial charge is 0.529 e. The van der Waals surface area contributed by atoms with Gasteiger partial charge in [-0.25, -0.2) is 0 Å². The predicted molar refractivity (Wildman–Crippen MR) is 36.8 cm³/mol. The fraction of sp³-hybridized carbons (Fsp3) is 1.00. The van der Waals surface area contributed by atoms with Gasteiger partial charge in [0.1, 0.15) is 0 Å². The van der Waals surface area contributed by atoms with Crippen LogP contribution in [0.25, 0.3) is 0 Å². The van der Waals surface area contributed by atoms with Crippen molar-refractivity contribution in [2.75, 3.05) is 0 Å². The second-order valence-electron chi connectivity index (χ2n) is 1.99. The molecule has 0 heterocycles. The fourth-order valence-corrected chi connectivity index (χ4v) is 0.262. The lowest BCUT2D eigenvalue weighted by atomic mass is 11.2. The van der Waals surface area contributed by atoms with Gasteiger partial charge in [-0.2, -0.15) is 23.0 Å². The van der Waals surface area contributed by atoms with Crippen LogP contribution in [0.15, 0.2) is 0 Å². The van der Waals surface area contributed by atoms with E-state index in [-0.39, 0.29) is 13.5 Å². The molecule has 0 bridgehead atoms. The molecule has 0 aromatic carbocycles. The first-order valence-corrected chi connectivity index (χ1v) is 3.08. The van der Waals surface area contributed by atoms with E-state index in [4.69, 9.17) is 0 Å². The lowest BCUT2D eigenvalue weighted by Crippen LogP contribution is -2.25. The quantitative estimate of drug-likeness (QED) is 0.615. The van der Waals surface area contributed by atoms with Crippen molar-refractivity contribution < 1.29 is 62.2 Å². The van der Waals surface area contributed by atoms with Crippen LogP contribution >= 0.6 is 13.5 Å².